The Hall–Kier alpha value is -2.64. The average molecular weight is 299 g/mol. The van der Waals surface area contributed by atoms with E-state index in [9.17, 15) is 23.9 Å². The number of methoxy groups -OCH3 is 1. The van der Waals surface area contributed by atoms with Crippen LogP contribution < -0.4 is 5.32 Å². The Bertz CT molecular complexity index is 539. The first-order chi connectivity index (χ1) is 9.86. The summed E-state index contributed by atoms with van der Waals surface area (Å²) in [5.74, 6) is -4.69. The van der Waals surface area contributed by atoms with E-state index in [1.807, 2.05) is 5.32 Å². The number of phenolic OH excluding ortho intramolecular Hbond substituents is 1. The second kappa shape index (κ2) is 7.22. The lowest BCUT2D eigenvalue weighted by atomic mass is 10.1. The number of carbonyl (C=O) groups is 3. The fourth-order valence-corrected chi connectivity index (χ4v) is 1.59. The first-order valence-electron chi connectivity index (χ1n) is 5.94. The van der Waals surface area contributed by atoms with Crippen molar-refractivity contribution in [2.75, 3.05) is 7.11 Å². The van der Waals surface area contributed by atoms with Crippen LogP contribution in [0.25, 0.3) is 0 Å². The molecule has 1 amide bonds. The predicted octanol–water partition coefficient (Wildman–Crippen LogP) is 0.667. The van der Waals surface area contributed by atoms with Gasteiger partial charge in [-0.05, 0) is 18.6 Å². The Balaban J connectivity index is 2.82. The van der Waals surface area contributed by atoms with Crippen molar-refractivity contribution in [3.05, 3.63) is 29.6 Å². The maximum atomic E-state index is 13.5. The SMILES string of the molecule is COC(=O)CCC(NC(=O)c1c(O)cccc1F)C(=O)O. The number of rotatable bonds is 6. The quantitative estimate of drug-likeness (QED) is 0.665. The molecule has 8 heteroatoms. The maximum absolute atomic E-state index is 13.5. The number of hydrogen-bond donors (Lipinski definition) is 3. The van der Waals surface area contributed by atoms with E-state index in [1.165, 1.54) is 6.07 Å². The Kier molecular flexibility index (Phi) is 5.65. The summed E-state index contributed by atoms with van der Waals surface area (Å²) in [4.78, 5) is 33.8. The van der Waals surface area contributed by atoms with Crippen molar-refractivity contribution in [3.8, 4) is 5.75 Å². The number of carboxylic acids is 1. The lowest BCUT2D eigenvalue weighted by Crippen LogP contribution is -2.41. The van der Waals surface area contributed by atoms with Crippen LogP contribution in [0.2, 0.25) is 0 Å². The van der Waals surface area contributed by atoms with E-state index in [2.05, 4.69) is 4.74 Å². The molecule has 1 aromatic rings. The van der Waals surface area contributed by atoms with E-state index in [0.717, 1.165) is 19.2 Å². The molecule has 114 valence electrons. The molecule has 0 fully saturated rings. The summed E-state index contributed by atoms with van der Waals surface area (Å²) in [7, 11) is 1.15. The molecule has 0 aromatic heterocycles. The van der Waals surface area contributed by atoms with E-state index >= 15 is 0 Å². The Morgan fingerprint density at radius 2 is 2.05 bits per heavy atom. The summed E-state index contributed by atoms with van der Waals surface area (Å²) < 4.78 is 17.8. The molecule has 1 aromatic carbocycles. The minimum atomic E-state index is -1.41. The largest absolute Gasteiger partial charge is 0.507 e. The van der Waals surface area contributed by atoms with Gasteiger partial charge in [-0.2, -0.15) is 0 Å². The van der Waals surface area contributed by atoms with Crippen LogP contribution in [0, 0.1) is 5.82 Å². The second-order valence-corrected chi connectivity index (χ2v) is 4.11. The van der Waals surface area contributed by atoms with E-state index in [-0.39, 0.29) is 12.8 Å². The highest BCUT2D eigenvalue weighted by Gasteiger charge is 2.24. The lowest BCUT2D eigenvalue weighted by Gasteiger charge is -2.14. The summed E-state index contributed by atoms with van der Waals surface area (Å²) in [5, 5.41) is 20.5. The van der Waals surface area contributed by atoms with Gasteiger partial charge in [0.05, 0.1) is 7.11 Å². The zero-order valence-electron chi connectivity index (χ0n) is 11.1. The molecule has 0 aliphatic heterocycles. The fraction of sp³-hybridized carbons (Fsp3) is 0.308. The smallest absolute Gasteiger partial charge is 0.326 e. The Labute approximate surface area is 119 Å². The topological polar surface area (TPSA) is 113 Å². The van der Waals surface area contributed by atoms with Crippen LogP contribution in [0.3, 0.4) is 0 Å². The number of carbonyl (C=O) groups excluding carboxylic acids is 2. The number of benzene rings is 1. The molecule has 0 heterocycles. The van der Waals surface area contributed by atoms with Gasteiger partial charge < -0.3 is 20.3 Å². The first kappa shape index (κ1) is 16.4. The van der Waals surface area contributed by atoms with Crippen LogP contribution >= 0.6 is 0 Å². The molecular weight excluding hydrogens is 285 g/mol. The Morgan fingerprint density at radius 1 is 1.38 bits per heavy atom. The molecule has 0 saturated heterocycles. The molecule has 21 heavy (non-hydrogen) atoms. The number of nitrogens with one attached hydrogen (secondary N) is 1. The summed E-state index contributed by atoms with van der Waals surface area (Å²) in [6.07, 6.45) is -0.444. The summed E-state index contributed by atoms with van der Waals surface area (Å²) >= 11 is 0. The molecule has 0 aliphatic rings. The number of halogens is 1. The third-order valence-corrected chi connectivity index (χ3v) is 2.69. The van der Waals surface area contributed by atoms with Crippen LogP contribution in [-0.4, -0.2) is 41.2 Å². The summed E-state index contributed by atoms with van der Waals surface area (Å²) in [6.45, 7) is 0. The van der Waals surface area contributed by atoms with Crippen LogP contribution in [-0.2, 0) is 14.3 Å². The lowest BCUT2D eigenvalue weighted by molar-refractivity contribution is -0.142. The second-order valence-electron chi connectivity index (χ2n) is 4.11. The summed E-state index contributed by atoms with van der Waals surface area (Å²) in [5.41, 5.74) is -0.651. The van der Waals surface area contributed by atoms with Crippen LogP contribution in [0.1, 0.15) is 23.2 Å². The number of aliphatic carboxylic acids is 1. The molecule has 1 unspecified atom stereocenters. The maximum Gasteiger partial charge on any atom is 0.326 e. The predicted molar refractivity (Wildman–Crippen MR) is 68.2 cm³/mol. The number of esters is 1. The van der Waals surface area contributed by atoms with Crippen LogP contribution in [0.4, 0.5) is 4.39 Å². The number of phenols is 1. The zero-order chi connectivity index (χ0) is 16.0. The highest BCUT2D eigenvalue weighted by atomic mass is 19.1. The van der Waals surface area contributed by atoms with Crippen LogP contribution in [0.15, 0.2) is 18.2 Å². The molecule has 7 nitrogen and oxygen atoms in total. The number of aromatic hydroxyl groups is 1. The van der Waals surface area contributed by atoms with Crippen molar-refractivity contribution in [2.45, 2.75) is 18.9 Å². The number of amides is 1. The zero-order valence-corrected chi connectivity index (χ0v) is 11.1. The number of carboxylic acid groups (broad SMARTS) is 1. The standard InChI is InChI=1S/C13H14FNO6/c1-21-10(17)6-5-8(13(19)20)15-12(18)11-7(14)3-2-4-9(11)16/h2-4,8,16H,5-6H2,1H3,(H,15,18)(H,19,20). The molecule has 0 spiro atoms. The minimum Gasteiger partial charge on any atom is -0.507 e. The third kappa shape index (κ3) is 4.44. The monoisotopic (exact) mass is 299 g/mol. The van der Waals surface area contributed by atoms with Gasteiger partial charge in [0.25, 0.3) is 5.91 Å². The highest BCUT2D eigenvalue weighted by molar-refractivity contribution is 5.99. The van der Waals surface area contributed by atoms with Gasteiger partial charge in [0.15, 0.2) is 0 Å². The van der Waals surface area contributed by atoms with Gasteiger partial charge in [-0.15, -0.1) is 0 Å². The van der Waals surface area contributed by atoms with E-state index in [1.54, 1.807) is 0 Å². The van der Waals surface area contributed by atoms with E-state index in [4.69, 9.17) is 5.11 Å². The van der Waals surface area contributed by atoms with E-state index in [0.29, 0.717) is 0 Å². The van der Waals surface area contributed by atoms with Crippen molar-refractivity contribution < 1.29 is 33.7 Å². The van der Waals surface area contributed by atoms with Crippen molar-refractivity contribution in [1.29, 1.82) is 0 Å². The van der Waals surface area contributed by atoms with E-state index < -0.39 is 41.0 Å². The molecule has 0 bridgehead atoms. The first-order valence-corrected chi connectivity index (χ1v) is 5.94. The minimum absolute atomic E-state index is 0.219. The third-order valence-electron chi connectivity index (χ3n) is 2.69. The van der Waals surface area contributed by atoms with Crippen molar-refractivity contribution >= 4 is 17.8 Å². The van der Waals surface area contributed by atoms with Gasteiger partial charge >= 0.3 is 11.9 Å². The van der Waals surface area contributed by atoms with Gasteiger partial charge in [-0.25, -0.2) is 9.18 Å². The fourth-order valence-electron chi connectivity index (χ4n) is 1.59. The molecule has 1 rings (SSSR count). The van der Waals surface area contributed by atoms with Gasteiger partial charge in [-0.3, -0.25) is 9.59 Å². The van der Waals surface area contributed by atoms with Crippen molar-refractivity contribution in [3.63, 3.8) is 0 Å². The van der Waals surface area contributed by atoms with Gasteiger partial charge in [0.1, 0.15) is 23.2 Å². The number of ether oxygens (including phenoxy) is 1. The molecular formula is C13H14FNO6. The van der Waals surface area contributed by atoms with Crippen molar-refractivity contribution in [1.82, 2.24) is 5.32 Å². The highest BCUT2D eigenvalue weighted by Crippen LogP contribution is 2.19. The van der Waals surface area contributed by atoms with Crippen molar-refractivity contribution in [2.24, 2.45) is 0 Å². The van der Waals surface area contributed by atoms with Gasteiger partial charge in [0.2, 0.25) is 0 Å². The normalized spacial score (nSPS) is 11.5. The number of hydrogen-bond acceptors (Lipinski definition) is 5. The van der Waals surface area contributed by atoms with Gasteiger partial charge in [0, 0.05) is 6.42 Å². The molecule has 0 aliphatic carbocycles. The molecule has 3 N–H and O–H groups in total. The van der Waals surface area contributed by atoms with Crippen LogP contribution in [0.5, 0.6) is 5.75 Å². The Morgan fingerprint density at radius 3 is 2.57 bits per heavy atom. The van der Waals surface area contributed by atoms with Gasteiger partial charge in [-0.1, -0.05) is 6.07 Å². The summed E-state index contributed by atoms with van der Waals surface area (Å²) in [6, 6.07) is 1.85. The molecule has 0 saturated carbocycles. The average Bonchev–Trinajstić information content (AvgIpc) is 2.42. The molecule has 0 radical (unpaired) electrons. The molecule has 1 atom stereocenters.